The number of guanidine groups is 1. The molecule has 0 radical (unpaired) electrons. The normalized spacial score (nSPS) is 11.4. The van der Waals surface area contributed by atoms with Gasteiger partial charge in [0.05, 0.1) is 6.54 Å². The highest BCUT2D eigenvalue weighted by atomic mass is 127. The lowest BCUT2D eigenvalue weighted by molar-refractivity contribution is 0.0773. The quantitative estimate of drug-likeness (QED) is 0.248. The zero-order chi connectivity index (χ0) is 23.6. The number of amides is 1. The molecule has 7 heteroatoms. The number of nitrogens with one attached hydrogen (secondary N) is 2. The molecule has 0 unspecified atom stereocenters. The second kappa shape index (κ2) is 14.1. The number of hydrogen-bond acceptors (Lipinski definition) is 3. The van der Waals surface area contributed by atoms with Crippen molar-refractivity contribution in [2.24, 2.45) is 4.99 Å². The molecule has 182 valence electrons. The van der Waals surface area contributed by atoms with E-state index < -0.39 is 0 Å². The summed E-state index contributed by atoms with van der Waals surface area (Å²) in [6.07, 6.45) is 0. The summed E-state index contributed by atoms with van der Waals surface area (Å²) in [6.45, 7) is 15.5. The average molecular weight is 567 g/mol. The highest BCUT2D eigenvalue weighted by molar-refractivity contribution is 14.0. The van der Waals surface area contributed by atoms with E-state index in [0.29, 0.717) is 31.7 Å². The van der Waals surface area contributed by atoms with Gasteiger partial charge in [-0.15, -0.1) is 24.0 Å². The Morgan fingerprint density at radius 2 is 1.61 bits per heavy atom. The zero-order valence-corrected chi connectivity index (χ0v) is 23.1. The van der Waals surface area contributed by atoms with Crippen molar-refractivity contribution >= 4 is 35.8 Å². The predicted molar refractivity (Wildman–Crippen MR) is 148 cm³/mol. The molecule has 2 aromatic rings. The number of carbonyl (C=O) groups is 1. The monoisotopic (exact) mass is 566 g/mol. The Balaban J connectivity index is 0.00000544. The number of aliphatic imine (C=N–C) groups is 1. The van der Waals surface area contributed by atoms with Crippen LogP contribution in [-0.4, -0.2) is 42.0 Å². The van der Waals surface area contributed by atoms with E-state index in [1.807, 2.05) is 88.9 Å². The first kappa shape index (κ1) is 28.7. The standard InChI is InChI=1S/C26H38N4O2.HI/c1-7-27-25(29-19-22-12-10-11-13-23(22)32-26(4,5)6)28-18-20-14-16-21(17-15-20)24(31)30(8-2)9-3;/h10-17H,7-9,18-19H2,1-6H3,(H2,27,28,29);1H. The maximum Gasteiger partial charge on any atom is 0.253 e. The Bertz CT molecular complexity index is 888. The maximum absolute atomic E-state index is 12.5. The summed E-state index contributed by atoms with van der Waals surface area (Å²) in [6, 6.07) is 15.7. The van der Waals surface area contributed by atoms with E-state index in [4.69, 9.17) is 9.73 Å². The number of nitrogens with zero attached hydrogens (tertiary/aromatic N) is 2. The van der Waals surface area contributed by atoms with Crippen LogP contribution in [-0.2, 0) is 13.1 Å². The second-order valence-electron chi connectivity index (χ2n) is 8.55. The van der Waals surface area contributed by atoms with Crippen molar-refractivity contribution in [1.82, 2.24) is 15.5 Å². The van der Waals surface area contributed by atoms with Crippen molar-refractivity contribution in [3.05, 3.63) is 65.2 Å². The van der Waals surface area contributed by atoms with Gasteiger partial charge in [0.25, 0.3) is 5.91 Å². The first-order valence-corrected chi connectivity index (χ1v) is 11.4. The van der Waals surface area contributed by atoms with Crippen molar-refractivity contribution < 1.29 is 9.53 Å². The SMILES string of the molecule is CCNC(=NCc1ccc(C(=O)N(CC)CC)cc1)NCc1ccccc1OC(C)(C)C.I. The van der Waals surface area contributed by atoms with Crippen LogP contribution in [0.1, 0.15) is 63.0 Å². The van der Waals surface area contributed by atoms with Gasteiger partial charge in [0.1, 0.15) is 11.4 Å². The van der Waals surface area contributed by atoms with Crippen molar-refractivity contribution in [3.63, 3.8) is 0 Å². The minimum absolute atomic E-state index is 0. The first-order valence-electron chi connectivity index (χ1n) is 11.4. The maximum atomic E-state index is 12.5. The molecule has 0 aromatic heterocycles. The summed E-state index contributed by atoms with van der Waals surface area (Å²) in [5, 5.41) is 6.68. The van der Waals surface area contributed by atoms with Crippen molar-refractivity contribution in [3.8, 4) is 5.75 Å². The largest absolute Gasteiger partial charge is 0.488 e. The van der Waals surface area contributed by atoms with Gasteiger partial charge in [0.2, 0.25) is 0 Å². The van der Waals surface area contributed by atoms with Gasteiger partial charge in [0.15, 0.2) is 5.96 Å². The molecule has 0 atom stereocenters. The highest BCUT2D eigenvalue weighted by Crippen LogP contribution is 2.22. The lowest BCUT2D eigenvalue weighted by atomic mass is 10.1. The molecule has 2 rings (SSSR count). The number of hydrogen-bond donors (Lipinski definition) is 2. The van der Waals surface area contributed by atoms with Crippen LogP contribution >= 0.6 is 24.0 Å². The Labute approximate surface area is 216 Å². The van der Waals surface area contributed by atoms with Crippen LogP contribution in [0.5, 0.6) is 5.75 Å². The fourth-order valence-corrected chi connectivity index (χ4v) is 3.22. The average Bonchev–Trinajstić information content (AvgIpc) is 2.76. The van der Waals surface area contributed by atoms with Crippen LogP contribution < -0.4 is 15.4 Å². The molecule has 0 saturated carbocycles. The summed E-state index contributed by atoms with van der Waals surface area (Å²) in [7, 11) is 0. The van der Waals surface area contributed by atoms with Crippen LogP contribution in [0.4, 0.5) is 0 Å². The first-order chi connectivity index (χ1) is 15.3. The summed E-state index contributed by atoms with van der Waals surface area (Å²) in [4.78, 5) is 19.0. The third-order valence-corrected chi connectivity index (χ3v) is 4.85. The van der Waals surface area contributed by atoms with Crippen molar-refractivity contribution in [2.45, 2.75) is 60.2 Å². The molecule has 0 fully saturated rings. The van der Waals surface area contributed by atoms with Gasteiger partial charge in [0, 0.05) is 37.3 Å². The van der Waals surface area contributed by atoms with E-state index in [1.54, 1.807) is 0 Å². The number of carbonyl (C=O) groups excluding carboxylic acids is 1. The molecule has 0 saturated heterocycles. The molecule has 6 nitrogen and oxygen atoms in total. The van der Waals surface area contributed by atoms with Crippen LogP contribution in [0.3, 0.4) is 0 Å². The Morgan fingerprint density at radius 1 is 0.970 bits per heavy atom. The van der Waals surface area contributed by atoms with E-state index in [2.05, 4.69) is 16.7 Å². The number of benzene rings is 2. The third kappa shape index (κ3) is 9.61. The van der Waals surface area contributed by atoms with E-state index >= 15 is 0 Å². The van der Waals surface area contributed by atoms with Gasteiger partial charge in [-0.1, -0.05) is 30.3 Å². The van der Waals surface area contributed by atoms with Gasteiger partial charge in [-0.3, -0.25) is 4.79 Å². The molecule has 0 aliphatic heterocycles. The summed E-state index contributed by atoms with van der Waals surface area (Å²) >= 11 is 0. The van der Waals surface area contributed by atoms with E-state index in [0.717, 1.165) is 29.4 Å². The van der Waals surface area contributed by atoms with Gasteiger partial charge in [-0.25, -0.2) is 4.99 Å². The molecular formula is C26H39IN4O2. The molecule has 0 aliphatic rings. The smallest absolute Gasteiger partial charge is 0.253 e. The third-order valence-electron chi connectivity index (χ3n) is 4.85. The Morgan fingerprint density at radius 3 is 2.18 bits per heavy atom. The molecular weight excluding hydrogens is 527 g/mol. The number of para-hydroxylation sites is 1. The summed E-state index contributed by atoms with van der Waals surface area (Å²) in [5.41, 5.74) is 2.58. The molecule has 2 aromatic carbocycles. The molecule has 33 heavy (non-hydrogen) atoms. The fraction of sp³-hybridized carbons (Fsp3) is 0.462. The molecule has 0 aliphatic carbocycles. The van der Waals surface area contributed by atoms with Crippen LogP contribution in [0, 0.1) is 0 Å². The zero-order valence-electron chi connectivity index (χ0n) is 20.8. The van der Waals surface area contributed by atoms with E-state index in [9.17, 15) is 4.79 Å². The van der Waals surface area contributed by atoms with Gasteiger partial charge < -0.3 is 20.3 Å². The second-order valence-corrected chi connectivity index (χ2v) is 8.55. The molecule has 0 spiro atoms. The highest BCUT2D eigenvalue weighted by Gasteiger charge is 2.15. The predicted octanol–water partition coefficient (Wildman–Crippen LogP) is 5.22. The fourth-order valence-electron chi connectivity index (χ4n) is 3.22. The molecule has 1 amide bonds. The van der Waals surface area contributed by atoms with Crippen LogP contribution in [0.25, 0.3) is 0 Å². The Hall–Kier alpha value is -2.29. The van der Waals surface area contributed by atoms with Crippen molar-refractivity contribution in [1.29, 1.82) is 0 Å². The minimum Gasteiger partial charge on any atom is -0.488 e. The van der Waals surface area contributed by atoms with Crippen molar-refractivity contribution in [2.75, 3.05) is 19.6 Å². The molecule has 0 heterocycles. The minimum atomic E-state index is -0.256. The Kier molecular flexibility index (Phi) is 12.3. The van der Waals surface area contributed by atoms with Crippen LogP contribution in [0.2, 0.25) is 0 Å². The number of halogens is 1. The summed E-state index contributed by atoms with van der Waals surface area (Å²) < 4.78 is 6.09. The van der Waals surface area contributed by atoms with E-state index in [1.165, 1.54) is 0 Å². The van der Waals surface area contributed by atoms with Gasteiger partial charge >= 0.3 is 0 Å². The lowest BCUT2D eigenvalue weighted by Gasteiger charge is -2.23. The van der Waals surface area contributed by atoms with E-state index in [-0.39, 0.29) is 35.5 Å². The lowest BCUT2D eigenvalue weighted by Crippen LogP contribution is -2.37. The molecule has 2 N–H and O–H groups in total. The number of ether oxygens (including phenoxy) is 1. The van der Waals surface area contributed by atoms with Gasteiger partial charge in [-0.2, -0.15) is 0 Å². The van der Waals surface area contributed by atoms with Gasteiger partial charge in [-0.05, 0) is 65.3 Å². The summed E-state index contributed by atoms with van der Waals surface area (Å²) in [5.74, 6) is 1.68. The number of rotatable bonds is 9. The topological polar surface area (TPSA) is 66.0 Å². The molecule has 0 bridgehead atoms. The van der Waals surface area contributed by atoms with Crippen LogP contribution in [0.15, 0.2) is 53.5 Å².